The lowest BCUT2D eigenvalue weighted by molar-refractivity contribution is -0.123. The van der Waals surface area contributed by atoms with Crippen LogP contribution in [0.15, 0.2) is 42.5 Å². The fourth-order valence-corrected chi connectivity index (χ4v) is 2.72. The average Bonchev–Trinajstić information content (AvgIpc) is 2.71. The van der Waals surface area contributed by atoms with Crippen molar-refractivity contribution in [3.05, 3.63) is 53.6 Å². The third-order valence-corrected chi connectivity index (χ3v) is 4.56. The van der Waals surface area contributed by atoms with Crippen molar-refractivity contribution in [1.29, 1.82) is 0 Å². The second kappa shape index (κ2) is 10.7. The van der Waals surface area contributed by atoms with Crippen LogP contribution < -0.4 is 19.5 Å². The molecule has 2 aromatic carbocycles. The topological polar surface area (TPSA) is 56.8 Å². The monoisotopic (exact) mass is 399 g/mol. The molecule has 0 aromatic heterocycles. The van der Waals surface area contributed by atoms with E-state index in [0.29, 0.717) is 24.7 Å². The number of carbonyl (C=O) groups is 1. The molecule has 29 heavy (non-hydrogen) atoms. The van der Waals surface area contributed by atoms with Gasteiger partial charge in [-0.05, 0) is 47.2 Å². The van der Waals surface area contributed by atoms with E-state index in [1.165, 1.54) is 5.56 Å². The lowest BCUT2D eigenvalue weighted by Crippen LogP contribution is -2.28. The summed E-state index contributed by atoms with van der Waals surface area (Å²) in [4.78, 5) is 12.1. The Morgan fingerprint density at radius 2 is 1.72 bits per heavy atom. The number of carbonyl (C=O) groups excluding carboxylic acids is 1. The highest BCUT2D eigenvalue weighted by molar-refractivity contribution is 5.77. The van der Waals surface area contributed by atoms with Crippen molar-refractivity contribution in [2.24, 2.45) is 0 Å². The molecular formula is C24H33NO4. The first-order chi connectivity index (χ1) is 13.8. The van der Waals surface area contributed by atoms with Crippen LogP contribution in [0, 0.1) is 0 Å². The van der Waals surface area contributed by atoms with Gasteiger partial charge in [0.1, 0.15) is 5.75 Å². The Balaban J connectivity index is 1.82. The highest BCUT2D eigenvalue weighted by Crippen LogP contribution is 2.28. The van der Waals surface area contributed by atoms with Crippen molar-refractivity contribution in [2.45, 2.75) is 52.5 Å². The van der Waals surface area contributed by atoms with Gasteiger partial charge in [0.2, 0.25) is 0 Å². The zero-order valence-electron chi connectivity index (χ0n) is 18.2. The number of amides is 1. The fraction of sp³-hybridized carbons (Fsp3) is 0.458. The van der Waals surface area contributed by atoms with Crippen molar-refractivity contribution in [3.63, 3.8) is 0 Å². The van der Waals surface area contributed by atoms with E-state index >= 15 is 0 Å². The molecule has 5 heteroatoms. The minimum Gasteiger partial charge on any atom is -0.493 e. The molecule has 0 heterocycles. The van der Waals surface area contributed by atoms with Crippen LogP contribution in [0.4, 0.5) is 0 Å². The van der Waals surface area contributed by atoms with Gasteiger partial charge in [-0.15, -0.1) is 0 Å². The van der Waals surface area contributed by atoms with Gasteiger partial charge in [0.05, 0.1) is 13.7 Å². The van der Waals surface area contributed by atoms with Gasteiger partial charge in [-0.3, -0.25) is 4.79 Å². The fourth-order valence-electron chi connectivity index (χ4n) is 2.72. The lowest BCUT2D eigenvalue weighted by atomic mass is 9.87. The molecule has 0 saturated heterocycles. The first-order valence-corrected chi connectivity index (χ1v) is 10.1. The summed E-state index contributed by atoms with van der Waals surface area (Å²) in [7, 11) is 1.61. The minimum atomic E-state index is -0.174. The SMILES string of the molecule is CCCCOc1ccc(CNC(=O)COc2ccc(C(C)(C)C)cc2)cc1OC. The Bertz CT molecular complexity index is 778. The number of rotatable bonds is 10. The van der Waals surface area contributed by atoms with Gasteiger partial charge >= 0.3 is 0 Å². The van der Waals surface area contributed by atoms with E-state index in [-0.39, 0.29) is 17.9 Å². The summed E-state index contributed by atoms with van der Waals surface area (Å²) >= 11 is 0. The Morgan fingerprint density at radius 3 is 2.34 bits per heavy atom. The number of nitrogens with one attached hydrogen (secondary N) is 1. The number of unbranched alkanes of at least 4 members (excludes halogenated alkanes) is 1. The van der Waals surface area contributed by atoms with Crippen LogP contribution in [0.5, 0.6) is 17.2 Å². The van der Waals surface area contributed by atoms with E-state index in [9.17, 15) is 4.79 Å². The van der Waals surface area contributed by atoms with Gasteiger partial charge in [0.25, 0.3) is 5.91 Å². The van der Waals surface area contributed by atoms with Crippen LogP contribution in [-0.4, -0.2) is 26.2 Å². The third-order valence-electron chi connectivity index (χ3n) is 4.56. The van der Waals surface area contributed by atoms with Gasteiger partial charge in [0.15, 0.2) is 18.1 Å². The molecular weight excluding hydrogens is 366 g/mol. The van der Waals surface area contributed by atoms with Gasteiger partial charge in [0, 0.05) is 6.54 Å². The zero-order valence-corrected chi connectivity index (χ0v) is 18.2. The molecule has 2 rings (SSSR count). The summed E-state index contributed by atoms with van der Waals surface area (Å²) in [5.74, 6) is 1.90. The summed E-state index contributed by atoms with van der Waals surface area (Å²) in [6, 6.07) is 13.5. The second-order valence-electron chi connectivity index (χ2n) is 8.03. The summed E-state index contributed by atoms with van der Waals surface area (Å²) < 4.78 is 16.7. The van der Waals surface area contributed by atoms with Crippen LogP contribution in [0.25, 0.3) is 0 Å². The van der Waals surface area contributed by atoms with Crippen molar-refractivity contribution < 1.29 is 19.0 Å². The predicted molar refractivity (Wildman–Crippen MR) is 116 cm³/mol. The maximum absolute atomic E-state index is 12.1. The van der Waals surface area contributed by atoms with E-state index < -0.39 is 0 Å². The maximum Gasteiger partial charge on any atom is 0.258 e. The Labute approximate surface area is 174 Å². The number of methoxy groups -OCH3 is 1. The number of hydrogen-bond donors (Lipinski definition) is 1. The molecule has 5 nitrogen and oxygen atoms in total. The first kappa shape index (κ1) is 22.6. The number of hydrogen-bond acceptors (Lipinski definition) is 4. The molecule has 0 atom stereocenters. The molecule has 1 N–H and O–H groups in total. The van der Waals surface area contributed by atoms with Crippen LogP contribution >= 0.6 is 0 Å². The average molecular weight is 400 g/mol. The van der Waals surface area contributed by atoms with E-state index in [0.717, 1.165) is 24.2 Å². The molecule has 0 aliphatic carbocycles. The van der Waals surface area contributed by atoms with E-state index in [4.69, 9.17) is 14.2 Å². The summed E-state index contributed by atoms with van der Waals surface area (Å²) in [5, 5.41) is 2.87. The van der Waals surface area contributed by atoms with Crippen molar-refractivity contribution >= 4 is 5.91 Å². The van der Waals surface area contributed by atoms with Crippen LogP contribution in [0.2, 0.25) is 0 Å². The Hall–Kier alpha value is -2.69. The van der Waals surface area contributed by atoms with Gasteiger partial charge < -0.3 is 19.5 Å². The summed E-state index contributed by atoms with van der Waals surface area (Å²) in [5.41, 5.74) is 2.26. The number of benzene rings is 2. The molecule has 0 radical (unpaired) electrons. The predicted octanol–water partition coefficient (Wildman–Crippen LogP) is 4.87. The molecule has 158 valence electrons. The Kier molecular flexibility index (Phi) is 8.37. The number of ether oxygens (including phenoxy) is 3. The molecule has 0 saturated carbocycles. The third kappa shape index (κ3) is 7.33. The second-order valence-corrected chi connectivity index (χ2v) is 8.03. The van der Waals surface area contributed by atoms with Crippen LogP contribution in [0.3, 0.4) is 0 Å². The zero-order chi connectivity index (χ0) is 21.3. The molecule has 0 aliphatic heterocycles. The molecule has 0 aliphatic rings. The standard InChI is InChI=1S/C24H33NO4/c1-6-7-14-28-21-13-8-18(15-22(21)27-5)16-25-23(26)17-29-20-11-9-19(10-12-20)24(2,3)4/h8-13,15H,6-7,14,16-17H2,1-5H3,(H,25,26). The van der Waals surface area contributed by atoms with Crippen molar-refractivity contribution in [3.8, 4) is 17.2 Å². The smallest absolute Gasteiger partial charge is 0.258 e. The highest BCUT2D eigenvalue weighted by atomic mass is 16.5. The van der Waals surface area contributed by atoms with Gasteiger partial charge in [-0.1, -0.05) is 52.3 Å². The van der Waals surface area contributed by atoms with Crippen LogP contribution in [-0.2, 0) is 16.8 Å². The normalized spacial score (nSPS) is 11.1. The van der Waals surface area contributed by atoms with E-state index in [1.807, 2.05) is 42.5 Å². The minimum absolute atomic E-state index is 0.0236. The van der Waals surface area contributed by atoms with Gasteiger partial charge in [-0.25, -0.2) is 0 Å². The molecule has 0 spiro atoms. The first-order valence-electron chi connectivity index (χ1n) is 10.1. The van der Waals surface area contributed by atoms with Gasteiger partial charge in [-0.2, -0.15) is 0 Å². The van der Waals surface area contributed by atoms with Crippen LogP contribution in [0.1, 0.15) is 51.7 Å². The molecule has 0 fully saturated rings. The molecule has 2 aromatic rings. The lowest BCUT2D eigenvalue weighted by Gasteiger charge is -2.19. The molecule has 0 unspecified atom stereocenters. The van der Waals surface area contributed by atoms with E-state index in [2.05, 4.69) is 33.0 Å². The molecule has 1 amide bonds. The maximum atomic E-state index is 12.1. The summed E-state index contributed by atoms with van der Waals surface area (Å²) in [6.45, 7) is 9.65. The van der Waals surface area contributed by atoms with Crippen molar-refractivity contribution in [2.75, 3.05) is 20.3 Å². The molecule has 0 bridgehead atoms. The Morgan fingerprint density at radius 1 is 1.00 bits per heavy atom. The van der Waals surface area contributed by atoms with E-state index in [1.54, 1.807) is 7.11 Å². The highest BCUT2D eigenvalue weighted by Gasteiger charge is 2.13. The largest absolute Gasteiger partial charge is 0.493 e. The quantitative estimate of drug-likeness (QED) is 0.579. The summed E-state index contributed by atoms with van der Waals surface area (Å²) in [6.07, 6.45) is 2.08. The van der Waals surface area contributed by atoms with Crippen molar-refractivity contribution in [1.82, 2.24) is 5.32 Å².